The number of rotatable bonds is 5. The van der Waals surface area contributed by atoms with Gasteiger partial charge >= 0.3 is 6.18 Å². The quantitative estimate of drug-likeness (QED) is 0.802. The van der Waals surface area contributed by atoms with Crippen molar-refractivity contribution in [2.75, 3.05) is 32.8 Å². The summed E-state index contributed by atoms with van der Waals surface area (Å²) in [6.07, 6.45) is 2.31. The fourth-order valence-electron chi connectivity index (χ4n) is 3.18. The van der Waals surface area contributed by atoms with Crippen LogP contribution in [0.4, 0.5) is 13.2 Å². The number of alkyl halides is 3. The molecule has 1 aromatic rings. The molecule has 8 heteroatoms. The second kappa shape index (κ2) is 8.01. The van der Waals surface area contributed by atoms with Crippen LogP contribution in [0.3, 0.4) is 0 Å². The maximum absolute atomic E-state index is 12.2. The zero-order valence-corrected chi connectivity index (χ0v) is 14.4. The molecule has 3 heterocycles. The number of aromatic nitrogens is 1. The molecule has 2 aliphatic rings. The fourth-order valence-corrected chi connectivity index (χ4v) is 4.12. The van der Waals surface area contributed by atoms with E-state index in [9.17, 15) is 13.2 Å². The van der Waals surface area contributed by atoms with Crippen LogP contribution in [-0.2, 0) is 17.6 Å². The smallest absolute Gasteiger partial charge is 0.422 e. The first kappa shape index (κ1) is 17.9. The highest BCUT2D eigenvalue weighted by molar-refractivity contribution is 7.13. The van der Waals surface area contributed by atoms with Crippen LogP contribution < -0.4 is 4.74 Å². The van der Waals surface area contributed by atoms with Gasteiger partial charge in [-0.1, -0.05) is 11.3 Å². The molecule has 0 saturated carbocycles. The SMILES string of the molecule is FC(F)(F)COc1nc2c(s1)CCN(CC[C@H]1CCCCO1)CC2. The Labute approximate surface area is 144 Å². The average molecular weight is 364 g/mol. The number of halogens is 3. The van der Waals surface area contributed by atoms with Crippen molar-refractivity contribution in [3.05, 3.63) is 10.6 Å². The van der Waals surface area contributed by atoms with Crippen molar-refractivity contribution in [3.8, 4) is 5.19 Å². The maximum Gasteiger partial charge on any atom is 0.422 e. The predicted molar refractivity (Wildman–Crippen MR) is 85.7 cm³/mol. The lowest BCUT2D eigenvalue weighted by Crippen LogP contribution is -2.31. The molecule has 1 atom stereocenters. The largest absolute Gasteiger partial charge is 0.460 e. The van der Waals surface area contributed by atoms with E-state index < -0.39 is 12.8 Å². The Bertz CT molecular complexity index is 504. The minimum absolute atomic E-state index is 0.140. The van der Waals surface area contributed by atoms with Crippen molar-refractivity contribution in [2.45, 2.75) is 50.8 Å². The van der Waals surface area contributed by atoms with E-state index in [0.717, 1.165) is 62.5 Å². The molecule has 2 aliphatic heterocycles. The summed E-state index contributed by atoms with van der Waals surface area (Å²) in [7, 11) is 0. The van der Waals surface area contributed by atoms with Crippen LogP contribution in [0.25, 0.3) is 0 Å². The molecule has 136 valence electrons. The monoisotopic (exact) mass is 364 g/mol. The van der Waals surface area contributed by atoms with Gasteiger partial charge in [-0.15, -0.1) is 0 Å². The molecule has 0 aromatic carbocycles. The Hall–Kier alpha value is -0.860. The standard InChI is InChI=1S/C16H23F3N2O2S/c17-16(18,19)11-23-15-20-13-5-8-21(9-6-14(13)24-15)7-4-12-3-1-2-10-22-12/h12H,1-11H2/t12-/m1/s1. The van der Waals surface area contributed by atoms with E-state index in [4.69, 9.17) is 9.47 Å². The molecule has 1 fully saturated rings. The molecule has 0 N–H and O–H groups in total. The summed E-state index contributed by atoms with van der Waals surface area (Å²) < 4.78 is 47.2. The van der Waals surface area contributed by atoms with Gasteiger partial charge in [0.25, 0.3) is 5.19 Å². The first-order chi connectivity index (χ1) is 11.5. The van der Waals surface area contributed by atoms with Crippen molar-refractivity contribution in [1.82, 2.24) is 9.88 Å². The number of hydrogen-bond donors (Lipinski definition) is 0. The molecule has 0 unspecified atom stereocenters. The number of ether oxygens (including phenoxy) is 2. The average Bonchev–Trinajstić information content (AvgIpc) is 2.85. The molecule has 0 bridgehead atoms. The van der Waals surface area contributed by atoms with E-state index >= 15 is 0 Å². The van der Waals surface area contributed by atoms with Gasteiger partial charge < -0.3 is 14.4 Å². The van der Waals surface area contributed by atoms with Gasteiger partial charge in [0, 0.05) is 37.5 Å². The van der Waals surface area contributed by atoms with Crippen molar-refractivity contribution in [3.63, 3.8) is 0 Å². The zero-order valence-electron chi connectivity index (χ0n) is 13.6. The second-order valence-corrected chi connectivity index (χ2v) is 7.42. The summed E-state index contributed by atoms with van der Waals surface area (Å²) in [5.74, 6) is 0. The van der Waals surface area contributed by atoms with Gasteiger partial charge in [-0.05, 0) is 32.1 Å². The van der Waals surface area contributed by atoms with Crippen molar-refractivity contribution in [2.24, 2.45) is 0 Å². The van der Waals surface area contributed by atoms with Crippen molar-refractivity contribution in [1.29, 1.82) is 0 Å². The first-order valence-electron chi connectivity index (χ1n) is 8.52. The maximum atomic E-state index is 12.2. The van der Waals surface area contributed by atoms with Gasteiger partial charge in [0.2, 0.25) is 0 Å². The molecule has 0 radical (unpaired) electrons. The molecule has 1 aromatic heterocycles. The Morgan fingerprint density at radius 3 is 2.83 bits per heavy atom. The number of hydrogen-bond acceptors (Lipinski definition) is 5. The normalized spacial score (nSPS) is 22.9. The third kappa shape index (κ3) is 5.32. The molecule has 24 heavy (non-hydrogen) atoms. The second-order valence-electron chi connectivity index (χ2n) is 6.37. The van der Waals surface area contributed by atoms with E-state index in [2.05, 4.69) is 9.88 Å². The van der Waals surface area contributed by atoms with Crippen LogP contribution in [-0.4, -0.2) is 55.0 Å². The number of nitrogens with zero attached hydrogens (tertiary/aromatic N) is 2. The van der Waals surface area contributed by atoms with Crippen LogP contribution in [0.5, 0.6) is 5.19 Å². The van der Waals surface area contributed by atoms with E-state index in [1.165, 1.54) is 24.2 Å². The highest BCUT2D eigenvalue weighted by atomic mass is 32.1. The predicted octanol–water partition coefficient (Wildman–Crippen LogP) is 3.44. The molecular weight excluding hydrogens is 341 g/mol. The van der Waals surface area contributed by atoms with Crippen LogP contribution in [0.15, 0.2) is 0 Å². The molecular formula is C16H23F3N2O2S. The molecule has 3 rings (SSSR count). The Kier molecular flexibility index (Phi) is 5.99. The summed E-state index contributed by atoms with van der Waals surface area (Å²) in [5.41, 5.74) is 0.897. The minimum Gasteiger partial charge on any atom is -0.460 e. The van der Waals surface area contributed by atoms with Gasteiger partial charge in [0.15, 0.2) is 6.61 Å². The number of thiazole rings is 1. The first-order valence-corrected chi connectivity index (χ1v) is 9.33. The zero-order chi connectivity index (χ0) is 17.0. The highest BCUT2D eigenvalue weighted by Gasteiger charge is 2.29. The van der Waals surface area contributed by atoms with Crippen molar-refractivity contribution >= 4 is 11.3 Å². The lowest BCUT2D eigenvalue weighted by atomic mass is 10.1. The third-order valence-electron chi connectivity index (χ3n) is 4.48. The molecule has 0 aliphatic carbocycles. The summed E-state index contributed by atoms with van der Waals surface area (Å²) in [5, 5.41) is 0.140. The van der Waals surface area contributed by atoms with Gasteiger partial charge in [-0.25, -0.2) is 4.98 Å². The van der Waals surface area contributed by atoms with Gasteiger partial charge in [0.1, 0.15) is 0 Å². The van der Waals surface area contributed by atoms with Crippen LogP contribution >= 0.6 is 11.3 Å². The summed E-state index contributed by atoms with van der Waals surface area (Å²) in [6, 6.07) is 0. The van der Waals surface area contributed by atoms with Gasteiger partial charge in [0.05, 0.1) is 11.8 Å². The third-order valence-corrected chi connectivity index (χ3v) is 5.55. The van der Waals surface area contributed by atoms with Crippen LogP contribution in [0.1, 0.15) is 36.3 Å². The molecule has 1 saturated heterocycles. The molecule has 0 amide bonds. The van der Waals surface area contributed by atoms with Crippen molar-refractivity contribution < 1.29 is 22.6 Å². The van der Waals surface area contributed by atoms with E-state index in [1.807, 2.05) is 0 Å². The van der Waals surface area contributed by atoms with E-state index in [1.54, 1.807) is 0 Å². The minimum atomic E-state index is -4.32. The fraction of sp³-hybridized carbons (Fsp3) is 0.812. The lowest BCUT2D eigenvalue weighted by molar-refractivity contribution is -0.153. The molecule has 4 nitrogen and oxygen atoms in total. The topological polar surface area (TPSA) is 34.6 Å². The lowest BCUT2D eigenvalue weighted by Gasteiger charge is -2.26. The summed E-state index contributed by atoms with van der Waals surface area (Å²) in [6.45, 7) is 2.43. The van der Waals surface area contributed by atoms with Crippen LogP contribution in [0, 0.1) is 0 Å². The number of fused-ring (bicyclic) bond motifs is 1. The molecule has 0 spiro atoms. The Morgan fingerprint density at radius 2 is 2.08 bits per heavy atom. The van der Waals surface area contributed by atoms with Crippen LogP contribution in [0.2, 0.25) is 0 Å². The highest BCUT2D eigenvalue weighted by Crippen LogP contribution is 2.29. The Balaban J connectivity index is 1.46. The summed E-state index contributed by atoms with van der Waals surface area (Å²) >= 11 is 1.25. The van der Waals surface area contributed by atoms with Gasteiger partial charge in [-0.3, -0.25) is 0 Å². The van der Waals surface area contributed by atoms with Gasteiger partial charge in [-0.2, -0.15) is 13.2 Å². The summed E-state index contributed by atoms with van der Waals surface area (Å²) in [4.78, 5) is 7.71. The Morgan fingerprint density at radius 1 is 1.25 bits per heavy atom. The van der Waals surface area contributed by atoms with E-state index in [0.29, 0.717) is 6.10 Å². The van der Waals surface area contributed by atoms with E-state index in [-0.39, 0.29) is 5.19 Å².